The first-order chi connectivity index (χ1) is 10.2. The first kappa shape index (κ1) is 16.6. The maximum atomic E-state index is 13.7. The van der Waals surface area contributed by atoms with Gasteiger partial charge in [-0.1, -0.05) is 6.07 Å². The minimum absolute atomic E-state index is 0.114. The van der Waals surface area contributed by atoms with Crippen molar-refractivity contribution in [2.24, 2.45) is 0 Å². The molecule has 1 aromatic carbocycles. The summed E-state index contributed by atoms with van der Waals surface area (Å²) in [6.45, 7) is 11.2. The van der Waals surface area contributed by atoms with Crippen molar-refractivity contribution in [3.05, 3.63) is 29.6 Å². The number of amides is 1. The van der Waals surface area contributed by atoms with Gasteiger partial charge < -0.3 is 14.5 Å². The average Bonchev–Trinajstić information content (AvgIpc) is 2.40. The highest BCUT2D eigenvalue weighted by atomic mass is 19.1. The van der Waals surface area contributed by atoms with Crippen LogP contribution in [-0.2, 0) is 4.74 Å². The first-order valence-electron chi connectivity index (χ1n) is 7.68. The lowest BCUT2D eigenvalue weighted by Gasteiger charge is -2.41. The van der Waals surface area contributed by atoms with Crippen LogP contribution < -0.4 is 4.90 Å². The Balaban J connectivity index is 2.03. The zero-order chi connectivity index (χ0) is 16.5. The second-order valence-corrected chi connectivity index (χ2v) is 6.90. The van der Waals surface area contributed by atoms with Crippen LogP contribution in [0.1, 0.15) is 33.3 Å². The summed E-state index contributed by atoms with van der Waals surface area (Å²) in [5, 5.41) is 0. The summed E-state index contributed by atoms with van der Waals surface area (Å²) in [6.07, 6.45) is -0.283. The Kier molecular flexibility index (Phi) is 4.63. The van der Waals surface area contributed by atoms with E-state index in [0.29, 0.717) is 25.2 Å². The predicted molar refractivity (Wildman–Crippen MR) is 85.8 cm³/mol. The van der Waals surface area contributed by atoms with Gasteiger partial charge in [0.05, 0.1) is 0 Å². The number of benzene rings is 1. The molecule has 0 unspecified atom stereocenters. The molecule has 1 aliphatic heterocycles. The Morgan fingerprint density at radius 1 is 1.32 bits per heavy atom. The fourth-order valence-electron chi connectivity index (χ4n) is 2.59. The van der Waals surface area contributed by atoms with Crippen LogP contribution in [-0.4, -0.2) is 42.3 Å². The van der Waals surface area contributed by atoms with Gasteiger partial charge in [-0.3, -0.25) is 0 Å². The van der Waals surface area contributed by atoms with Crippen LogP contribution in [0.3, 0.4) is 0 Å². The molecule has 1 aromatic rings. The predicted octanol–water partition coefficient (Wildman–Crippen LogP) is 3.58. The van der Waals surface area contributed by atoms with Crippen LogP contribution in [0.5, 0.6) is 0 Å². The van der Waals surface area contributed by atoms with Crippen molar-refractivity contribution in [1.29, 1.82) is 0 Å². The van der Waals surface area contributed by atoms with Crippen molar-refractivity contribution < 1.29 is 13.9 Å². The van der Waals surface area contributed by atoms with Crippen LogP contribution >= 0.6 is 0 Å². The van der Waals surface area contributed by atoms with Crippen molar-refractivity contribution in [2.45, 2.75) is 46.3 Å². The topological polar surface area (TPSA) is 32.8 Å². The summed E-state index contributed by atoms with van der Waals surface area (Å²) in [5.41, 5.74) is 1.01. The standard InChI is InChI=1S/C17H25FN2O2/c1-12-6-7-14(10-15(12)18)20-9-8-19(11-13(20)2)16(21)22-17(3,4)5/h6-7,10,13H,8-9,11H2,1-5H3/t13-/m0/s1. The van der Waals surface area contributed by atoms with Crippen molar-refractivity contribution in [3.8, 4) is 0 Å². The van der Waals surface area contributed by atoms with E-state index in [4.69, 9.17) is 4.74 Å². The maximum absolute atomic E-state index is 13.7. The molecule has 4 nitrogen and oxygen atoms in total. The van der Waals surface area contributed by atoms with E-state index in [2.05, 4.69) is 4.90 Å². The Morgan fingerprint density at radius 2 is 2.00 bits per heavy atom. The largest absolute Gasteiger partial charge is 0.444 e. The molecule has 0 saturated carbocycles. The van der Waals surface area contributed by atoms with E-state index in [1.165, 1.54) is 0 Å². The van der Waals surface area contributed by atoms with Gasteiger partial charge in [0.25, 0.3) is 0 Å². The SMILES string of the molecule is Cc1ccc(N2CCN(C(=O)OC(C)(C)C)C[C@@H]2C)cc1F. The second-order valence-electron chi connectivity index (χ2n) is 6.90. The maximum Gasteiger partial charge on any atom is 0.410 e. The number of carbonyl (C=O) groups is 1. The third-order valence-corrected chi connectivity index (χ3v) is 3.77. The summed E-state index contributed by atoms with van der Waals surface area (Å²) >= 11 is 0. The molecule has 2 rings (SSSR count). The van der Waals surface area contributed by atoms with Crippen LogP contribution in [0.25, 0.3) is 0 Å². The molecule has 1 fully saturated rings. The van der Waals surface area contributed by atoms with E-state index in [0.717, 1.165) is 5.69 Å². The number of hydrogen-bond donors (Lipinski definition) is 0. The molecule has 0 radical (unpaired) electrons. The van der Waals surface area contributed by atoms with Crippen molar-refractivity contribution in [1.82, 2.24) is 4.90 Å². The van der Waals surface area contributed by atoms with E-state index in [1.807, 2.05) is 33.8 Å². The van der Waals surface area contributed by atoms with Gasteiger partial charge in [0.1, 0.15) is 11.4 Å². The van der Waals surface area contributed by atoms with Gasteiger partial charge in [0.15, 0.2) is 0 Å². The van der Waals surface area contributed by atoms with Crippen LogP contribution in [0.15, 0.2) is 18.2 Å². The number of anilines is 1. The van der Waals surface area contributed by atoms with Crippen molar-refractivity contribution in [2.75, 3.05) is 24.5 Å². The van der Waals surface area contributed by atoms with Gasteiger partial charge in [-0.2, -0.15) is 0 Å². The molecule has 0 aromatic heterocycles. The number of ether oxygens (including phenoxy) is 1. The molecular weight excluding hydrogens is 283 g/mol. The molecule has 0 spiro atoms. The fourth-order valence-corrected chi connectivity index (χ4v) is 2.59. The van der Waals surface area contributed by atoms with E-state index in [1.54, 1.807) is 24.0 Å². The molecule has 0 N–H and O–H groups in total. The number of rotatable bonds is 1. The quantitative estimate of drug-likeness (QED) is 0.795. The van der Waals surface area contributed by atoms with Gasteiger partial charge in [0, 0.05) is 31.4 Å². The summed E-state index contributed by atoms with van der Waals surface area (Å²) in [4.78, 5) is 16.0. The summed E-state index contributed by atoms with van der Waals surface area (Å²) < 4.78 is 19.2. The zero-order valence-corrected chi connectivity index (χ0v) is 14.0. The van der Waals surface area contributed by atoms with Gasteiger partial charge in [-0.25, -0.2) is 9.18 Å². The fraction of sp³-hybridized carbons (Fsp3) is 0.588. The Morgan fingerprint density at radius 3 is 2.55 bits per heavy atom. The van der Waals surface area contributed by atoms with E-state index < -0.39 is 5.60 Å². The van der Waals surface area contributed by atoms with Gasteiger partial charge in [-0.05, 0) is 52.3 Å². The summed E-state index contributed by atoms with van der Waals surface area (Å²) in [5.74, 6) is -0.195. The summed E-state index contributed by atoms with van der Waals surface area (Å²) in [6, 6.07) is 5.40. The number of carbonyl (C=O) groups excluding carboxylic acids is 1. The van der Waals surface area contributed by atoms with E-state index in [9.17, 15) is 9.18 Å². The second kappa shape index (κ2) is 6.15. The highest BCUT2D eigenvalue weighted by molar-refractivity contribution is 5.69. The average molecular weight is 308 g/mol. The molecule has 0 aliphatic carbocycles. The molecule has 5 heteroatoms. The molecular formula is C17H25FN2O2. The van der Waals surface area contributed by atoms with Crippen LogP contribution in [0, 0.1) is 12.7 Å². The van der Waals surface area contributed by atoms with Crippen LogP contribution in [0.2, 0.25) is 0 Å². The monoisotopic (exact) mass is 308 g/mol. The van der Waals surface area contributed by atoms with Gasteiger partial charge in [-0.15, -0.1) is 0 Å². The summed E-state index contributed by atoms with van der Waals surface area (Å²) in [7, 11) is 0. The Labute approximate surface area is 131 Å². The molecule has 22 heavy (non-hydrogen) atoms. The first-order valence-corrected chi connectivity index (χ1v) is 7.68. The molecule has 1 amide bonds. The van der Waals surface area contributed by atoms with Crippen molar-refractivity contribution in [3.63, 3.8) is 0 Å². The molecule has 1 saturated heterocycles. The molecule has 1 aliphatic rings. The molecule has 122 valence electrons. The lowest BCUT2D eigenvalue weighted by molar-refractivity contribution is 0.0219. The normalized spacial score (nSPS) is 19.3. The lowest BCUT2D eigenvalue weighted by Crippen LogP contribution is -2.54. The third kappa shape index (κ3) is 3.90. The number of hydrogen-bond acceptors (Lipinski definition) is 3. The van der Waals surface area contributed by atoms with Gasteiger partial charge >= 0.3 is 6.09 Å². The minimum atomic E-state index is -0.489. The Bertz CT molecular complexity index is 554. The number of piperazine rings is 1. The highest BCUT2D eigenvalue weighted by Crippen LogP contribution is 2.23. The van der Waals surface area contributed by atoms with Crippen molar-refractivity contribution >= 4 is 11.8 Å². The third-order valence-electron chi connectivity index (χ3n) is 3.77. The minimum Gasteiger partial charge on any atom is -0.444 e. The number of halogens is 1. The number of aryl methyl sites for hydroxylation is 1. The molecule has 1 atom stereocenters. The van der Waals surface area contributed by atoms with E-state index in [-0.39, 0.29) is 18.0 Å². The molecule has 0 bridgehead atoms. The van der Waals surface area contributed by atoms with E-state index >= 15 is 0 Å². The van der Waals surface area contributed by atoms with Gasteiger partial charge in [0.2, 0.25) is 0 Å². The lowest BCUT2D eigenvalue weighted by atomic mass is 10.1. The molecule has 1 heterocycles. The smallest absolute Gasteiger partial charge is 0.410 e. The number of nitrogens with zero attached hydrogens (tertiary/aromatic N) is 2. The van der Waals surface area contributed by atoms with Crippen LogP contribution in [0.4, 0.5) is 14.9 Å². The zero-order valence-electron chi connectivity index (χ0n) is 14.0. The Hall–Kier alpha value is -1.78. The highest BCUT2D eigenvalue weighted by Gasteiger charge is 2.30.